The van der Waals surface area contributed by atoms with Gasteiger partial charge in [-0.25, -0.2) is 0 Å². The zero-order valence-corrected chi connectivity index (χ0v) is 11.9. The fourth-order valence-electron chi connectivity index (χ4n) is 1.73. The van der Waals surface area contributed by atoms with E-state index < -0.39 is 0 Å². The summed E-state index contributed by atoms with van der Waals surface area (Å²) in [4.78, 5) is 2.37. The van der Waals surface area contributed by atoms with Crippen molar-refractivity contribution in [2.75, 3.05) is 46.4 Å². The third kappa shape index (κ3) is 9.57. The number of nitrogens with one attached hydrogen (secondary N) is 1. The Kier molecular flexibility index (Phi) is 7.82. The van der Waals surface area contributed by atoms with Gasteiger partial charge in [0.25, 0.3) is 0 Å². The Balaban J connectivity index is 1.78. The highest BCUT2D eigenvalue weighted by atomic mass is 16.5. The molecule has 0 aromatic carbocycles. The summed E-state index contributed by atoms with van der Waals surface area (Å²) in [6.07, 6.45) is 4.00. The molecule has 102 valence electrons. The molecule has 0 bridgehead atoms. The van der Waals surface area contributed by atoms with Crippen LogP contribution in [0.1, 0.15) is 33.1 Å². The van der Waals surface area contributed by atoms with Crippen molar-refractivity contribution in [1.29, 1.82) is 0 Å². The number of hydrogen-bond donors (Lipinski definition) is 1. The van der Waals surface area contributed by atoms with E-state index in [0.29, 0.717) is 0 Å². The van der Waals surface area contributed by atoms with Crippen molar-refractivity contribution in [3.05, 3.63) is 0 Å². The second kappa shape index (κ2) is 8.90. The molecule has 0 heterocycles. The molecule has 1 aliphatic carbocycles. The van der Waals surface area contributed by atoms with Crippen molar-refractivity contribution >= 4 is 0 Å². The van der Waals surface area contributed by atoms with Crippen LogP contribution in [0, 0.1) is 11.8 Å². The predicted molar refractivity (Wildman–Crippen MR) is 73.4 cm³/mol. The van der Waals surface area contributed by atoms with Gasteiger partial charge in [-0.2, -0.15) is 0 Å². The van der Waals surface area contributed by atoms with E-state index in [-0.39, 0.29) is 0 Å². The molecule has 1 rings (SSSR count). The molecule has 0 aromatic heterocycles. The molecule has 1 saturated carbocycles. The Labute approximate surface area is 107 Å². The summed E-state index contributed by atoms with van der Waals surface area (Å²) in [6.45, 7) is 10.9. The average molecular weight is 242 g/mol. The van der Waals surface area contributed by atoms with Crippen LogP contribution >= 0.6 is 0 Å². The van der Waals surface area contributed by atoms with E-state index in [0.717, 1.165) is 51.2 Å². The minimum absolute atomic E-state index is 0.753. The molecule has 1 fully saturated rings. The first-order valence-corrected chi connectivity index (χ1v) is 7.15. The first-order chi connectivity index (χ1) is 8.18. The van der Waals surface area contributed by atoms with Crippen molar-refractivity contribution in [1.82, 2.24) is 10.2 Å². The number of ether oxygens (including phenoxy) is 1. The quantitative estimate of drug-likeness (QED) is 0.561. The fraction of sp³-hybridized carbons (Fsp3) is 1.00. The first-order valence-electron chi connectivity index (χ1n) is 7.15. The Morgan fingerprint density at radius 2 is 2.06 bits per heavy atom. The molecule has 1 N–H and O–H groups in total. The smallest absolute Gasteiger partial charge is 0.0593 e. The van der Waals surface area contributed by atoms with Gasteiger partial charge in [-0.1, -0.05) is 13.8 Å². The average Bonchev–Trinajstić information content (AvgIpc) is 3.07. The topological polar surface area (TPSA) is 24.5 Å². The summed E-state index contributed by atoms with van der Waals surface area (Å²) in [7, 11) is 2.18. The number of likely N-dealkylation sites (N-methyl/N-ethyl adjacent to an activating group) is 1. The Morgan fingerprint density at radius 1 is 1.29 bits per heavy atom. The van der Waals surface area contributed by atoms with E-state index in [2.05, 4.69) is 31.1 Å². The van der Waals surface area contributed by atoms with Gasteiger partial charge in [0.1, 0.15) is 0 Å². The van der Waals surface area contributed by atoms with Gasteiger partial charge in [-0.15, -0.1) is 0 Å². The second-order valence-electron chi connectivity index (χ2n) is 5.77. The van der Waals surface area contributed by atoms with Gasteiger partial charge in [0.2, 0.25) is 0 Å². The van der Waals surface area contributed by atoms with Gasteiger partial charge in [0.05, 0.1) is 6.61 Å². The van der Waals surface area contributed by atoms with Crippen LogP contribution < -0.4 is 5.32 Å². The monoisotopic (exact) mass is 242 g/mol. The van der Waals surface area contributed by atoms with Gasteiger partial charge < -0.3 is 15.0 Å². The largest absolute Gasteiger partial charge is 0.380 e. The molecule has 0 amide bonds. The van der Waals surface area contributed by atoms with Crippen molar-refractivity contribution in [2.45, 2.75) is 33.1 Å². The van der Waals surface area contributed by atoms with Crippen LogP contribution in [-0.2, 0) is 4.74 Å². The Bertz CT molecular complexity index is 181. The summed E-state index contributed by atoms with van der Waals surface area (Å²) < 4.78 is 5.63. The van der Waals surface area contributed by atoms with Crippen LogP contribution in [0.15, 0.2) is 0 Å². The normalized spacial score (nSPS) is 16.1. The molecule has 0 radical (unpaired) electrons. The lowest BCUT2D eigenvalue weighted by atomic mass is 10.2. The molecular formula is C14H30N2O. The highest BCUT2D eigenvalue weighted by molar-refractivity contribution is 4.72. The van der Waals surface area contributed by atoms with Crippen molar-refractivity contribution in [2.24, 2.45) is 11.8 Å². The number of hydrogen-bond acceptors (Lipinski definition) is 3. The zero-order valence-electron chi connectivity index (χ0n) is 11.9. The van der Waals surface area contributed by atoms with E-state index in [9.17, 15) is 0 Å². The molecule has 0 aromatic rings. The molecule has 0 aliphatic heterocycles. The molecule has 1 aliphatic rings. The summed E-state index contributed by atoms with van der Waals surface area (Å²) in [5.74, 6) is 1.64. The van der Waals surface area contributed by atoms with Gasteiger partial charge in [0.15, 0.2) is 0 Å². The van der Waals surface area contributed by atoms with Crippen molar-refractivity contribution in [3.63, 3.8) is 0 Å². The van der Waals surface area contributed by atoms with E-state index in [1.807, 2.05) is 0 Å². The lowest BCUT2D eigenvalue weighted by molar-refractivity contribution is 0.103. The van der Waals surface area contributed by atoms with E-state index >= 15 is 0 Å². The van der Waals surface area contributed by atoms with Gasteiger partial charge in [-0.3, -0.25) is 0 Å². The summed E-state index contributed by atoms with van der Waals surface area (Å²) >= 11 is 0. The second-order valence-corrected chi connectivity index (χ2v) is 5.77. The molecule has 0 saturated heterocycles. The minimum atomic E-state index is 0.753. The lowest BCUT2D eigenvalue weighted by Gasteiger charge is -2.16. The van der Waals surface area contributed by atoms with Gasteiger partial charge in [0, 0.05) is 13.2 Å². The molecule has 0 spiro atoms. The van der Waals surface area contributed by atoms with Crippen LogP contribution in [0.3, 0.4) is 0 Å². The molecule has 3 nitrogen and oxygen atoms in total. The third-order valence-electron chi connectivity index (χ3n) is 3.11. The molecule has 0 unspecified atom stereocenters. The van der Waals surface area contributed by atoms with Gasteiger partial charge in [-0.05, 0) is 57.8 Å². The Hall–Kier alpha value is -0.120. The highest BCUT2D eigenvalue weighted by Gasteiger charge is 2.20. The van der Waals surface area contributed by atoms with E-state index in [1.165, 1.54) is 19.3 Å². The number of nitrogens with zero attached hydrogens (tertiary/aromatic N) is 1. The number of rotatable bonds is 11. The predicted octanol–water partition coefficient (Wildman–Crippen LogP) is 1.98. The maximum absolute atomic E-state index is 5.63. The highest BCUT2D eigenvalue weighted by Crippen LogP contribution is 2.28. The summed E-state index contributed by atoms with van der Waals surface area (Å²) in [6, 6.07) is 0. The molecule has 0 atom stereocenters. The standard InChI is InChI=1S/C14H30N2O/c1-13(2)11-15-7-4-8-16(3)9-10-17-12-14-5-6-14/h13-15H,4-12H2,1-3H3. The molecular weight excluding hydrogens is 212 g/mol. The van der Waals surface area contributed by atoms with Crippen LogP contribution in [0.25, 0.3) is 0 Å². The van der Waals surface area contributed by atoms with Crippen LogP contribution in [0.2, 0.25) is 0 Å². The minimum Gasteiger partial charge on any atom is -0.380 e. The van der Waals surface area contributed by atoms with Crippen LogP contribution in [0.4, 0.5) is 0 Å². The summed E-state index contributed by atoms with van der Waals surface area (Å²) in [5.41, 5.74) is 0. The Morgan fingerprint density at radius 3 is 2.71 bits per heavy atom. The fourth-order valence-corrected chi connectivity index (χ4v) is 1.73. The maximum atomic E-state index is 5.63. The lowest BCUT2D eigenvalue weighted by Crippen LogP contribution is -2.28. The molecule has 17 heavy (non-hydrogen) atoms. The first kappa shape index (κ1) is 14.9. The van der Waals surface area contributed by atoms with E-state index in [1.54, 1.807) is 0 Å². The van der Waals surface area contributed by atoms with Crippen LogP contribution in [-0.4, -0.2) is 51.3 Å². The van der Waals surface area contributed by atoms with Crippen molar-refractivity contribution < 1.29 is 4.74 Å². The molecule has 3 heteroatoms. The SMILES string of the molecule is CC(C)CNCCCN(C)CCOCC1CC1. The third-order valence-corrected chi connectivity index (χ3v) is 3.11. The van der Waals surface area contributed by atoms with Crippen molar-refractivity contribution in [3.8, 4) is 0 Å². The van der Waals surface area contributed by atoms with E-state index in [4.69, 9.17) is 4.74 Å². The maximum Gasteiger partial charge on any atom is 0.0593 e. The van der Waals surface area contributed by atoms with Crippen LogP contribution in [0.5, 0.6) is 0 Å². The van der Waals surface area contributed by atoms with Gasteiger partial charge >= 0.3 is 0 Å². The summed E-state index contributed by atoms with van der Waals surface area (Å²) in [5, 5.41) is 3.47. The zero-order chi connectivity index (χ0) is 12.5.